The Labute approximate surface area is 162 Å². The average molecular weight is 379 g/mol. The number of aryl methyl sites for hydroxylation is 3. The standard InChI is InChI=1S/C20H21N5O3/c1-12-9-13(2)17(11-16(12)20(27)28)21-19(26)18(25-14(3)22-23-24-25)10-15-7-5-4-6-8-15/h4-9,11,18H,10H2,1-3H3,(H,21,26)(H,27,28). The summed E-state index contributed by atoms with van der Waals surface area (Å²) in [6.45, 7) is 5.28. The van der Waals surface area contributed by atoms with Crippen molar-refractivity contribution in [2.75, 3.05) is 5.32 Å². The van der Waals surface area contributed by atoms with Crippen molar-refractivity contribution in [3.63, 3.8) is 0 Å². The number of hydrogen-bond acceptors (Lipinski definition) is 5. The zero-order chi connectivity index (χ0) is 20.3. The molecule has 0 aliphatic rings. The third-order valence-electron chi connectivity index (χ3n) is 4.59. The van der Waals surface area contributed by atoms with Gasteiger partial charge in [-0.25, -0.2) is 9.48 Å². The number of hydrogen-bond donors (Lipinski definition) is 2. The molecule has 0 saturated heterocycles. The van der Waals surface area contributed by atoms with Crippen molar-refractivity contribution < 1.29 is 14.7 Å². The highest BCUT2D eigenvalue weighted by atomic mass is 16.4. The van der Waals surface area contributed by atoms with E-state index in [9.17, 15) is 14.7 Å². The number of anilines is 1. The van der Waals surface area contributed by atoms with Gasteiger partial charge in [0.25, 0.3) is 0 Å². The van der Waals surface area contributed by atoms with E-state index in [0.29, 0.717) is 23.5 Å². The summed E-state index contributed by atoms with van der Waals surface area (Å²) in [7, 11) is 0. The Hall–Kier alpha value is -3.55. The molecular weight excluding hydrogens is 358 g/mol. The monoisotopic (exact) mass is 379 g/mol. The van der Waals surface area contributed by atoms with Gasteiger partial charge in [0.15, 0.2) is 0 Å². The predicted molar refractivity (Wildman–Crippen MR) is 103 cm³/mol. The van der Waals surface area contributed by atoms with Crippen molar-refractivity contribution >= 4 is 17.6 Å². The number of benzene rings is 2. The fourth-order valence-electron chi connectivity index (χ4n) is 3.09. The first-order valence-corrected chi connectivity index (χ1v) is 8.80. The summed E-state index contributed by atoms with van der Waals surface area (Å²) < 4.78 is 1.48. The number of aromatic nitrogens is 4. The van der Waals surface area contributed by atoms with Gasteiger partial charge < -0.3 is 10.4 Å². The number of tetrazole rings is 1. The van der Waals surface area contributed by atoms with Crippen LogP contribution in [0.25, 0.3) is 0 Å². The summed E-state index contributed by atoms with van der Waals surface area (Å²) in [4.78, 5) is 24.5. The minimum atomic E-state index is -1.04. The fraction of sp³-hybridized carbons (Fsp3) is 0.250. The fourth-order valence-corrected chi connectivity index (χ4v) is 3.09. The number of carboxylic acids is 1. The van der Waals surface area contributed by atoms with Gasteiger partial charge in [0.2, 0.25) is 5.91 Å². The minimum Gasteiger partial charge on any atom is -0.478 e. The molecule has 1 heterocycles. The molecule has 8 nitrogen and oxygen atoms in total. The van der Waals surface area contributed by atoms with E-state index in [1.807, 2.05) is 37.3 Å². The van der Waals surface area contributed by atoms with Crippen molar-refractivity contribution in [3.8, 4) is 0 Å². The Bertz CT molecular complexity index is 1010. The predicted octanol–water partition coefficient (Wildman–Crippen LogP) is 2.72. The molecule has 1 amide bonds. The lowest BCUT2D eigenvalue weighted by molar-refractivity contribution is -0.119. The quantitative estimate of drug-likeness (QED) is 0.681. The van der Waals surface area contributed by atoms with Crippen LogP contribution >= 0.6 is 0 Å². The summed E-state index contributed by atoms with van der Waals surface area (Å²) in [5.74, 6) is -0.837. The molecule has 0 aliphatic heterocycles. The largest absolute Gasteiger partial charge is 0.478 e. The minimum absolute atomic E-state index is 0.152. The highest BCUT2D eigenvalue weighted by molar-refractivity contribution is 5.97. The van der Waals surface area contributed by atoms with Crippen molar-refractivity contribution in [3.05, 3.63) is 70.5 Å². The maximum absolute atomic E-state index is 13.1. The Kier molecular flexibility index (Phi) is 5.49. The van der Waals surface area contributed by atoms with Crippen LogP contribution in [0.15, 0.2) is 42.5 Å². The summed E-state index contributed by atoms with van der Waals surface area (Å²) in [6.07, 6.45) is 0.398. The normalized spacial score (nSPS) is 11.8. The van der Waals surface area contributed by atoms with Gasteiger partial charge in [0, 0.05) is 12.1 Å². The van der Waals surface area contributed by atoms with E-state index in [2.05, 4.69) is 20.8 Å². The molecule has 144 valence electrons. The van der Waals surface area contributed by atoms with Crippen LogP contribution in [0.5, 0.6) is 0 Å². The number of carboxylic acid groups (broad SMARTS) is 1. The molecule has 28 heavy (non-hydrogen) atoms. The van der Waals surface area contributed by atoms with Crippen molar-refractivity contribution in [1.29, 1.82) is 0 Å². The van der Waals surface area contributed by atoms with Gasteiger partial charge in [-0.05, 0) is 54.0 Å². The second-order valence-corrected chi connectivity index (χ2v) is 6.65. The van der Waals surface area contributed by atoms with Gasteiger partial charge in [-0.15, -0.1) is 5.10 Å². The first kappa shape index (κ1) is 19.2. The first-order valence-electron chi connectivity index (χ1n) is 8.80. The van der Waals surface area contributed by atoms with Crippen molar-refractivity contribution in [1.82, 2.24) is 20.2 Å². The maximum Gasteiger partial charge on any atom is 0.336 e. The van der Waals surface area contributed by atoms with Gasteiger partial charge in [-0.2, -0.15) is 0 Å². The molecule has 0 fully saturated rings. The van der Waals surface area contributed by atoms with Crippen LogP contribution in [-0.4, -0.2) is 37.2 Å². The van der Waals surface area contributed by atoms with E-state index in [0.717, 1.165) is 11.1 Å². The summed E-state index contributed by atoms with van der Waals surface area (Å²) in [5.41, 5.74) is 2.99. The number of aromatic carboxylic acids is 1. The number of amides is 1. The third-order valence-corrected chi connectivity index (χ3v) is 4.59. The van der Waals surface area contributed by atoms with Crippen LogP contribution in [-0.2, 0) is 11.2 Å². The van der Waals surface area contributed by atoms with Gasteiger partial charge in [-0.3, -0.25) is 4.79 Å². The Balaban J connectivity index is 1.93. The molecular formula is C20H21N5O3. The SMILES string of the molecule is Cc1cc(C)c(C(=O)O)cc1NC(=O)C(Cc1ccccc1)n1nnnc1C. The van der Waals surface area contributed by atoms with Crippen LogP contribution in [0.3, 0.4) is 0 Å². The van der Waals surface area contributed by atoms with E-state index in [1.165, 1.54) is 10.7 Å². The molecule has 3 aromatic rings. The van der Waals surface area contributed by atoms with Crippen LogP contribution in [0.4, 0.5) is 5.69 Å². The lowest BCUT2D eigenvalue weighted by atomic mass is 10.0. The lowest BCUT2D eigenvalue weighted by Gasteiger charge is -2.19. The van der Waals surface area contributed by atoms with Gasteiger partial charge in [0.1, 0.15) is 11.9 Å². The smallest absolute Gasteiger partial charge is 0.336 e. The van der Waals surface area contributed by atoms with E-state index in [-0.39, 0.29) is 11.5 Å². The number of nitrogens with zero attached hydrogens (tertiary/aromatic N) is 4. The molecule has 0 saturated carbocycles. The van der Waals surface area contributed by atoms with Crippen molar-refractivity contribution in [2.24, 2.45) is 0 Å². The zero-order valence-corrected chi connectivity index (χ0v) is 15.9. The highest BCUT2D eigenvalue weighted by Crippen LogP contribution is 2.23. The van der Waals surface area contributed by atoms with Crippen LogP contribution in [0, 0.1) is 20.8 Å². The molecule has 0 spiro atoms. The van der Waals surface area contributed by atoms with Gasteiger partial charge in [-0.1, -0.05) is 36.4 Å². The maximum atomic E-state index is 13.1. The molecule has 1 unspecified atom stereocenters. The molecule has 1 aromatic heterocycles. The second kappa shape index (κ2) is 7.99. The Morgan fingerprint density at radius 3 is 2.43 bits per heavy atom. The lowest BCUT2D eigenvalue weighted by Crippen LogP contribution is -2.30. The van der Waals surface area contributed by atoms with E-state index >= 15 is 0 Å². The number of carbonyl (C=O) groups excluding carboxylic acids is 1. The first-order chi connectivity index (χ1) is 13.4. The second-order valence-electron chi connectivity index (χ2n) is 6.65. The van der Waals surface area contributed by atoms with E-state index in [1.54, 1.807) is 19.9 Å². The molecule has 0 radical (unpaired) electrons. The Morgan fingerprint density at radius 1 is 1.11 bits per heavy atom. The van der Waals surface area contributed by atoms with Gasteiger partial charge in [0.05, 0.1) is 5.56 Å². The number of nitrogens with one attached hydrogen (secondary N) is 1. The Morgan fingerprint density at radius 2 is 1.82 bits per heavy atom. The molecule has 8 heteroatoms. The average Bonchev–Trinajstić information content (AvgIpc) is 3.08. The van der Waals surface area contributed by atoms with E-state index < -0.39 is 12.0 Å². The zero-order valence-electron chi connectivity index (χ0n) is 15.9. The topological polar surface area (TPSA) is 110 Å². The van der Waals surface area contributed by atoms with E-state index in [4.69, 9.17) is 0 Å². The molecule has 0 bridgehead atoms. The molecule has 1 atom stereocenters. The number of carbonyl (C=O) groups is 2. The number of rotatable bonds is 6. The summed E-state index contributed by atoms with van der Waals surface area (Å²) >= 11 is 0. The molecule has 2 N–H and O–H groups in total. The molecule has 0 aliphatic carbocycles. The summed E-state index contributed by atoms with van der Waals surface area (Å²) in [6, 6.07) is 12.1. The van der Waals surface area contributed by atoms with Crippen molar-refractivity contribution in [2.45, 2.75) is 33.2 Å². The highest BCUT2D eigenvalue weighted by Gasteiger charge is 2.25. The summed E-state index contributed by atoms with van der Waals surface area (Å²) in [5, 5.41) is 23.7. The van der Waals surface area contributed by atoms with Gasteiger partial charge >= 0.3 is 5.97 Å². The van der Waals surface area contributed by atoms with Crippen LogP contribution < -0.4 is 5.32 Å². The third kappa shape index (κ3) is 4.06. The molecule has 3 rings (SSSR count). The van der Waals surface area contributed by atoms with Crippen LogP contribution in [0.2, 0.25) is 0 Å². The molecule has 2 aromatic carbocycles. The van der Waals surface area contributed by atoms with Crippen LogP contribution in [0.1, 0.15) is 38.9 Å².